The number of sulfonamides is 1. The van der Waals surface area contributed by atoms with Gasteiger partial charge >= 0.3 is 0 Å². The molecule has 25 heavy (non-hydrogen) atoms. The fourth-order valence-electron chi connectivity index (χ4n) is 3.85. The minimum atomic E-state index is -3.46. The number of benzene rings is 1. The van der Waals surface area contributed by atoms with Crippen molar-refractivity contribution in [2.45, 2.75) is 50.5 Å². The van der Waals surface area contributed by atoms with Crippen molar-refractivity contribution < 1.29 is 13.2 Å². The third-order valence-corrected chi connectivity index (χ3v) is 6.62. The summed E-state index contributed by atoms with van der Waals surface area (Å²) >= 11 is 0. The molecule has 1 aromatic carbocycles. The minimum absolute atomic E-state index is 0.216. The smallest absolute Gasteiger partial charge is 0.240 e. The van der Waals surface area contributed by atoms with Crippen LogP contribution in [0.4, 0.5) is 0 Å². The lowest BCUT2D eigenvalue weighted by Gasteiger charge is -2.35. The summed E-state index contributed by atoms with van der Waals surface area (Å²) in [6, 6.07) is 5.80. The molecule has 0 amide bonds. The Kier molecular flexibility index (Phi) is 6.15. The number of hydrogen-bond donors (Lipinski definition) is 1. The fourth-order valence-corrected chi connectivity index (χ4v) is 4.98. The number of hydrogen-bond acceptors (Lipinski definition) is 4. The van der Waals surface area contributed by atoms with Crippen LogP contribution in [-0.2, 0) is 27.6 Å². The molecule has 1 fully saturated rings. The summed E-state index contributed by atoms with van der Waals surface area (Å²) < 4.78 is 33.8. The Balaban J connectivity index is 1.68. The Morgan fingerprint density at radius 1 is 1.16 bits per heavy atom. The van der Waals surface area contributed by atoms with Crippen LogP contribution in [0.5, 0.6) is 0 Å². The van der Waals surface area contributed by atoms with Crippen molar-refractivity contribution in [3.05, 3.63) is 29.3 Å². The number of nitrogens with zero attached hydrogens (tertiary/aromatic N) is 1. The van der Waals surface area contributed by atoms with E-state index in [1.165, 1.54) is 11.1 Å². The van der Waals surface area contributed by atoms with E-state index in [2.05, 4.69) is 23.5 Å². The van der Waals surface area contributed by atoms with Crippen LogP contribution in [0.25, 0.3) is 0 Å². The van der Waals surface area contributed by atoms with E-state index in [-0.39, 0.29) is 6.04 Å². The standard InChI is InChI=1S/C19H30N2O3S/c1-15(2)12-18(21-8-10-24-11-9-21)14-20-25(22,23)19-7-6-16-4-3-5-17(16)13-19/h6-7,13,15,18,20H,3-5,8-12,14H2,1-2H3. The van der Waals surface area contributed by atoms with Gasteiger partial charge in [-0.1, -0.05) is 19.9 Å². The molecule has 0 spiro atoms. The highest BCUT2D eigenvalue weighted by atomic mass is 32.2. The van der Waals surface area contributed by atoms with Crippen molar-refractivity contribution in [1.29, 1.82) is 0 Å². The number of rotatable bonds is 7. The second-order valence-electron chi connectivity index (χ2n) is 7.57. The monoisotopic (exact) mass is 366 g/mol. The van der Waals surface area contributed by atoms with Crippen LogP contribution in [0.3, 0.4) is 0 Å². The van der Waals surface area contributed by atoms with Crippen LogP contribution in [0.1, 0.15) is 37.8 Å². The van der Waals surface area contributed by atoms with Gasteiger partial charge in [-0.3, -0.25) is 4.90 Å². The van der Waals surface area contributed by atoms with Gasteiger partial charge in [0.05, 0.1) is 18.1 Å². The average molecular weight is 367 g/mol. The van der Waals surface area contributed by atoms with E-state index < -0.39 is 10.0 Å². The van der Waals surface area contributed by atoms with Crippen LogP contribution in [-0.4, -0.2) is 52.2 Å². The van der Waals surface area contributed by atoms with E-state index >= 15 is 0 Å². The summed E-state index contributed by atoms with van der Waals surface area (Å²) in [6.07, 6.45) is 4.16. The molecule has 2 aliphatic rings. The van der Waals surface area contributed by atoms with Gasteiger partial charge in [-0.05, 0) is 54.9 Å². The minimum Gasteiger partial charge on any atom is -0.379 e. The van der Waals surface area contributed by atoms with Gasteiger partial charge in [0.1, 0.15) is 0 Å². The Hall–Kier alpha value is -0.950. The average Bonchev–Trinajstić information content (AvgIpc) is 3.07. The summed E-state index contributed by atoms with van der Waals surface area (Å²) in [5.74, 6) is 0.525. The van der Waals surface area contributed by atoms with Crippen molar-refractivity contribution in [2.75, 3.05) is 32.8 Å². The first-order chi connectivity index (χ1) is 12.0. The largest absolute Gasteiger partial charge is 0.379 e. The van der Waals surface area contributed by atoms with Gasteiger partial charge in [-0.25, -0.2) is 13.1 Å². The quantitative estimate of drug-likeness (QED) is 0.804. The maximum atomic E-state index is 12.8. The maximum Gasteiger partial charge on any atom is 0.240 e. The van der Waals surface area contributed by atoms with Gasteiger partial charge in [0.15, 0.2) is 0 Å². The third kappa shape index (κ3) is 4.82. The van der Waals surface area contributed by atoms with Gasteiger partial charge in [0.25, 0.3) is 0 Å². The predicted molar refractivity (Wildman–Crippen MR) is 99.3 cm³/mol. The molecule has 1 aliphatic heterocycles. The zero-order chi connectivity index (χ0) is 17.9. The van der Waals surface area contributed by atoms with E-state index in [9.17, 15) is 8.42 Å². The van der Waals surface area contributed by atoms with E-state index in [0.717, 1.165) is 52.0 Å². The van der Waals surface area contributed by atoms with Gasteiger partial charge in [0.2, 0.25) is 10.0 Å². The maximum absolute atomic E-state index is 12.8. The van der Waals surface area contributed by atoms with Crippen LogP contribution < -0.4 is 4.72 Å². The topological polar surface area (TPSA) is 58.6 Å². The first kappa shape index (κ1) is 18.8. The van der Waals surface area contributed by atoms with Crippen molar-refractivity contribution in [3.8, 4) is 0 Å². The van der Waals surface area contributed by atoms with Crippen molar-refractivity contribution >= 4 is 10.0 Å². The lowest BCUT2D eigenvalue weighted by molar-refractivity contribution is 0.0134. The lowest BCUT2D eigenvalue weighted by atomic mass is 10.0. The molecule has 0 aromatic heterocycles. The Morgan fingerprint density at radius 3 is 2.60 bits per heavy atom. The van der Waals surface area contributed by atoms with E-state index in [0.29, 0.717) is 17.4 Å². The van der Waals surface area contributed by atoms with Gasteiger partial charge in [0, 0.05) is 25.7 Å². The highest BCUT2D eigenvalue weighted by molar-refractivity contribution is 7.89. The van der Waals surface area contributed by atoms with Crippen LogP contribution >= 0.6 is 0 Å². The third-order valence-electron chi connectivity index (χ3n) is 5.19. The van der Waals surface area contributed by atoms with Gasteiger partial charge in [-0.2, -0.15) is 0 Å². The van der Waals surface area contributed by atoms with Crippen LogP contribution in [0.2, 0.25) is 0 Å². The first-order valence-corrected chi connectivity index (χ1v) is 10.9. The predicted octanol–water partition coefficient (Wildman–Crippen LogP) is 2.20. The summed E-state index contributed by atoms with van der Waals surface area (Å²) in [6.45, 7) is 8.02. The molecule has 1 saturated heterocycles. The summed E-state index contributed by atoms with van der Waals surface area (Å²) in [4.78, 5) is 2.76. The zero-order valence-electron chi connectivity index (χ0n) is 15.3. The van der Waals surface area contributed by atoms with Crippen LogP contribution in [0, 0.1) is 5.92 Å². The summed E-state index contributed by atoms with van der Waals surface area (Å²) in [7, 11) is -3.46. The molecule has 1 aromatic rings. The molecule has 1 N–H and O–H groups in total. The highest BCUT2D eigenvalue weighted by Gasteiger charge is 2.25. The zero-order valence-corrected chi connectivity index (χ0v) is 16.1. The van der Waals surface area contributed by atoms with Gasteiger partial charge < -0.3 is 4.74 Å². The van der Waals surface area contributed by atoms with Gasteiger partial charge in [-0.15, -0.1) is 0 Å². The van der Waals surface area contributed by atoms with E-state index in [1.54, 1.807) is 6.07 Å². The second-order valence-corrected chi connectivity index (χ2v) is 9.33. The Labute approximate surface area is 151 Å². The summed E-state index contributed by atoms with van der Waals surface area (Å²) in [5.41, 5.74) is 2.49. The molecular weight excluding hydrogens is 336 g/mol. The molecule has 5 nitrogen and oxygen atoms in total. The Morgan fingerprint density at radius 2 is 1.88 bits per heavy atom. The number of ether oxygens (including phenoxy) is 1. The molecule has 0 bridgehead atoms. The molecule has 140 valence electrons. The highest BCUT2D eigenvalue weighted by Crippen LogP contribution is 2.24. The summed E-state index contributed by atoms with van der Waals surface area (Å²) in [5, 5.41) is 0. The lowest BCUT2D eigenvalue weighted by Crippen LogP contribution is -2.49. The fraction of sp³-hybridized carbons (Fsp3) is 0.684. The first-order valence-electron chi connectivity index (χ1n) is 9.39. The van der Waals surface area contributed by atoms with Crippen LogP contribution in [0.15, 0.2) is 23.1 Å². The van der Waals surface area contributed by atoms with E-state index in [4.69, 9.17) is 4.74 Å². The number of aryl methyl sites for hydroxylation is 2. The van der Waals surface area contributed by atoms with Crippen molar-refractivity contribution in [3.63, 3.8) is 0 Å². The number of nitrogens with one attached hydrogen (secondary N) is 1. The molecule has 0 saturated carbocycles. The molecule has 1 atom stereocenters. The SMILES string of the molecule is CC(C)CC(CNS(=O)(=O)c1ccc2c(c1)CCC2)N1CCOCC1. The Bertz CT molecular complexity index is 682. The molecule has 1 aliphatic carbocycles. The second kappa shape index (κ2) is 8.16. The van der Waals surface area contributed by atoms with Crippen molar-refractivity contribution in [1.82, 2.24) is 9.62 Å². The number of morpholine rings is 1. The molecule has 3 rings (SSSR count). The molecule has 1 heterocycles. The molecule has 6 heteroatoms. The van der Waals surface area contributed by atoms with E-state index in [1.807, 2.05) is 12.1 Å². The molecule has 1 unspecified atom stereocenters. The molecule has 0 radical (unpaired) electrons. The number of fused-ring (bicyclic) bond motifs is 1. The molecular formula is C19H30N2O3S. The van der Waals surface area contributed by atoms with Crippen molar-refractivity contribution in [2.24, 2.45) is 5.92 Å². The normalized spacial score (nSPS) is 20.0.